The molecule has 110 valence electrons. The normalized spacial score (nSPS) is 13.1. The van der Waals surface area contributed by atoms with Crippen LogP contribution in [0.4, 0.5) is 4.39 Å². The highest BCUT2D eigenvalue weighted by molar-refractivity contribution is 6.01. The smallest absolute Gasteiger partial charge is 0.233 e. The molecule has 20 heavy (non-hydrogen) atoms. The fourth-order valence-corrected chi connectivity index (χ4v) is 1.98. The zero-order valence-corrected chi connectivity index (χ0v) is 11.7. The van der Waals surface area contributed by atoms with Gasteiger partial charge in [-0.05, 0) is 12.5 Å². The number of oxime groups is 1. The number of carbonyl (C=O) groups excluding carboxylic acids is 1. The fraction of sp³-hybridized carbons (Fsp3) is 0.429. The van der Waals surface area contributed by atoms with Gasteiger partial charge >= 0.3 is 0 Å². The second kappa shape index (κ2) is 7.47. The molecular formula is C14H20FN3O2. The van der Waals surface area contributed by atoms with Gasteiger partial charge in [-0.2, -0.15) is 0 Å². The van der Waals surface area contributed by atoms with E-state index >= 15 is 0 Å². The van der Waals surface area contributed by atoms with Crippen LogP contribution in [0.2, 0.25) is 0 Å². The Morgan fingerprint density at radius 3 is 2.70 bits per heavy atom. The molecular weight excluding hydrogens is 261 g/mol. The molecule has 0 spiro atoms. The maximum Gasteiger partial charge on any atom is 0.233 e. The topological polar surface area (TPSA) is 78.9 Å². The number of carbonyl (C=O) groups is 1. The van der Waals surface area contributed by atoms with Gasteiger partial charge in [-0.3, -0.25) is 4.79 Å². The Hall–Kier alpha value is -2.11. The molecule has 3 N–H and O–H groups in total. The number of halogens is 1. The van der Waals surface area contributed by atoms with E-state index in [1.165, 1.54) is 11.0 Å². The Morgan fingerprint density at radius 2 is 2.15 bits per heavy atom. The highest BCUT2D eigenvalue weighted by atomic mass is 19.1. The number of benzene rings is 1. The molecule has 0 radical (unpaired) electrons. The molecule has 5 nitrogen and oxygen atoms in total. The lowest BCUT2D eigenvalue weighted by Gasteiger charge is -2.23. The molecule has 0 heterocycles. The van der Waals surface area contributed by atoms with Gasteiger partial charge in [0.15, 0.2) is 5.84 Å². The molecule has 0 saturated heterocycles. The molecule has 1 rings (SSSR count). The summed E-state index contributed by atoms with van der Waals surface area (Å²) in [5.41, 5.74) is 5.97. The van der Waals surface area contributed by atoms with Crippen molar-refractivity contribution in [2.24, 2.45) is 16.8 Å². The van der Waals surface area contributed by atoms with Crippen molar-refractivity contribution in [1.29, 1.82) is 0 Å². The van der Waals surface area contributed by atoms with Crippen LogP contribution in [0.3, 0.4) is 0 Å². The summed E-state index contributed by atoms with van der Waals surface area (Å²) in [7, 11) is 1.57. The summed E-state index contributed by atoms with van der Waals surface area (Å²) in [6.07, 6.45) is 1.20. The summed E-state index contributed by atoms with van der Waals surface area (Å²) in [5, 5.41) is 11.6. The largest absolute Gasteiger partial charge is 0.409 e. The van der Waals surface area contributed by atoms with Gasteiger partial charge in [0.1, 0.15) is 5.82 Å². The van der Waals surface area contributed by atoms with Gasteiger partial charge in [0.25, 0.3) is 0 Å². The maximum atomic E-state index is 13.6. The first-order valence-electron chi connectivity index (χ1n) is 6.47. The van der Waals surface area contributed by atoms with Crippen LogP contribution in [-0.4, -0.2) is 28.9 Å². The van der Waals surface area contributed by atoms with Crippen LogP contribution in [0.1, 0.15) is 25.3 Å². The third-order valence-corrected chi connectivity index (χ3v) is 3.09. The SMILES string of the molecule is CCCC(C(=O)N(C)Cc1ccccc1F)C(N)=NO. The van der Waals surface area contributed by atoms with Crippen LogP contribution < -0.4 is 5.73 Å². The minimum Gasteiger partial charge on any atom is -0.409 e. The van der Waals surface area contributed by atoms with Crippen LogP contribution in [0.5, 0.6) is 0 Å². The molecule has 0 aromatic heterocycles. The Balaban J connectivity index is 2.82. The summed E-state index contributed by atoms with van der Waals surface area (Å²) in [6.45, 7) is 2.05. The van der Waals surface area contributed by atoms with Crippen LogP contribution in [0.25, 0.3) is 0 Å². The van der Waals surface area contributed by atoms with Gasteiger partial charge in [-0.25, -0.2) is 4.39 Å². The Kier molecular flexibility index (Phi) is 5.96. The first-order valence-corrected chi connectivity index (χ1v) is 6.47. The van der Waals surface area contributed by atoms with Crippen molar-refractivity contribution >= 4 is 11.7 Å². The standard InChI is InChI=1S/C14H20FN3O2/c1-3-6-11(13(16)17-20)14(19)18(2)9-10-7-4-5-8-12(10)15/h4-5,7-8,11,20H,3,6,9H2,1-2H3,(H2,16,17). The minimum atomic E-state index is -0.679. The molecule has 0 fully saturated rings. The van der Waals surface area contributed by atoms with E-state index in [1.807, 2.05) is 6.92 Å². The molecule has 1 unspecified atom stereocenters. The molecule has 1 aromatic rings. The molecule has 0 aliphatic rings. The Morgan fingerprint density at radius 1 is 1.50 bits per heavy atom. The number of hydrogen-bond donors (Lipinski definition) is 2. The number of hydrogen-bond acceptors (Lipinski definition) is 3. The number of rotatable bonds is 6. The van der Waals surface area contributed by atoms with Crippen LogP contribution in [0, 0.1) is 11.7 Å². The lowest BCUT2D eigenvalue weighted by atomic mass is 10.0. The predicted molar refractivity (Wildman–Crippen MR) is 74.7 cm³/mol. The van der Waals surface area contributed by atoms with Gasteiger partial charge < -0.3 is 15.8 Å². The predicted octanol–water partition coefficient (Wildman–Crippen LogP) is 1.95. The fourth-order valence-electron chi connectivity index (χ4n) is 1.98. The van der Waals surface area contributed by atoms with Crippen molar-refractivity contribution in [3.8, 4) is 0 Å². The molecule has 0 saturated carbocycles. The van der Waals surface area contributed by atoms with Crippen LogP contribution >= 0.6 is 0 Å². The van der Waals surface area contributed by atoms with Crippen molar-refractivity contribution in [3.05, 3.63) is 35.6 Å². The number of nitrogens with two attached hydrogens (primary N) is 1. The number of amidine groups is 1. The number of amides is 1. The van der Waals surface area contributed by atoms with E-state index in [-0.39, 0.29) is 24.1 Å². The zero-order chi connectivity index (χ0) is 15.1. The van der Waals surface area contributed by atoms with Gasteiger partial charge in [0, 0.05) is 19.2 Å². The van der Waals surface area contributed by atoms with Gasteiger partial charge in [-0.1, -0.05) is 36.7 Å². The second-order valence-corrected chi connectivity index (χ2v) is 4.65. The molecule has 0 aliphatic carbocycles. The summed E-state index contributed by atoms with van der Waals surface area (Å²) >= 11 is 0. The molecule has 0 aliphatic heterocycles. The molecule has 1 amide bonds. The molecule has 1 atom stereocenters. The first-order chi connectivity index (χ1) is 9.51. The van der Waals surface area contributed by atoms with Crippen molar-refractivity contribution < 1.29 is 14.4 Å². The summed E-state index contributed by atoms with van der Waals surface area (Å²) < 4.78 is 13.6. The third-order valence-electron chi connectivity index (χ3n) is 3.09. The van der Waals surface area contributed by atoms with Gasteiger partial charge in [-0.15, -0.1) is 0 Å². The van der Waals surface area contributed by atoms with Gasteiger partial charge in [0.05, 0.1) is 5.92 Å². The van der Waals surface area contributed by atoms with E-state index in [2.05, 4.69) is 5.16 Å². The lowest BCUT2D eigenvalue weighted by molar-refractivity contribution is -0.132. The van der Waals surface area contributed by atoms with Crippen molar-refractivity contribution in [2.45, 2.75) is 26.3 Å². The Labute approximate surface area is 117 Å². The summed E-state index contributed by atoms with van der Waals surface area (Å²) in [5.74, 6) is -1.44. The minimum absolute atomic E-state index is 0.114. The van der Waals surface area contributed by atoms with E-state index in [1.54, 1.807) is 25.2 Å². The molecule has 0 bridgehead atoms. The van der Waals surface area contributed by atoms with Crippen LogP contribution in [-0.2, 0) is 11.3 Å². The highest BCUT2D eigenvalue weighted by Gasteiger charge is 2.25. The molecule has 6 heteroatoms. The van der Waals surface area contributed by atoms with Crippen molar-refractivity contribution in [2.75, 3.05) is 7.05 Å². The second-order valence-electron chi connectivity index (χ2n) is 4.65. The van der Waals surface area contributed by atoms with Gasteiger partial charge in [0.2, 0.25) is 5.91 Å². The third kappa shape index (κ3) is 3.94. The molecule has 1 aromatic carbocycles. The summed E-state index contributed by atoms with van der Waals surface area (Å²) in [4.78, 5) is 13.7. The monoisotopic (exact) mass is 281 g/mol. The highest BCUT2D eigenvalue weighted by Crippen LogP contribution is 2.14. The van der Waals surface area contributed by atoms with E-state index < -0.39 is 5.92 Å². The van der Waals surface area contributed by atoms with Crippen LogP contribution in [0.15, 0.2) is 29.4 Å². The lowest BCUT2D eigenvalue weighted by Crippen LogP contribution is -2.39. The quantitative estimate of drug-likeness (QED) is 0.362. The number of nitrogens with zero attached hydrogens (tertiary/aromatic N) is 2. The zero-order valence-electron chi connectivity index (χ0n) is 11.7. The van der Waals surface area contributed by atoms with E-state index in [0.717, 1.165) is 6.42 Å². The average molecular weight is 281 g/mol. The van der Waals surface area contributed by atoms with E-state index in [4.69, 9.17) is 10.9 Å². The van der Waals surface area contributed by atoms with E-state index in [9.17, 15) is 9.18 Å². The van der Waals surface area contributed by atoms with Crippen molar-refractivity contribution in [1.82, 2.24) is 4.90 Å². The summed E-state index contributed by atoms with van der Waals surface area (Å²) in [6, 6.07) is 6.28. The Bertz CT molecular complexity index is 491. The first kappa shape index (κ1) is 15.9. The maximum absolute atomic E-state index is 13.6. The average Bonchev–Trinajstić information content (AvgIpc) is 2.45. The van der Waals surface area contributed by atoms with Crippen molar-refractivity contribution in [3.63, 3.8) is 0 Å². The van der Waals surface area contributed by atoms with E-state index in [0.29, 0.717) is 12.0 Å².